The molecule has 3 aromatic carbocycles. The van der Waals surface area contributed by atoms with Crippen LogP contribution < -0.4 is 14.8 Å². The van der Waals surface area contributed by atoms with Crippen LogP contribution in [0.4, 0.5) is 5.13 Å². The molecule has 34 heavy (non-hydrogen) atoms. The second-order valence-electron chi connectivity index (χ2n) is 7.91. The van der Waals surface area contributed by atoms with Crippen LogP contribution in [0.15, 0.2) is 72.3 Å². The van der Waals surface area contributed by atoms with Crippen molar-refractivity contribution in [1.82, 2.24) is 4.98 Å². The quantitative estimate of drug-likeness (QED) is 0.375. The Morgan fingerprint density at radius 3 is 2.65 bits per heavy atom. The number of hydrogen-bond donors (Lipinski definition) is 1. The standard InChI is InChI=1S/C27H22N2O4S/c1-32-21-12-13-22-18(15-21)8-9-19(26(22)31)14-17-6-10-20(11-7-17)33-16-25(30)29-27-28-23-4-2-3-5-24(23)34-27/h2-7,10-15H,8-9,16H2,1H3,(H,28,29,30)/b19-14+. The first-order chi connectivity index (χ1) is 16.6. The van der Waals surface area contributed by atoms with E-state index in [1.54, 1.807) is 19.2 Å². The van der Waals surface area contributed by atoms with Crippen LogP contribution in [-0.2, 0) is 11.2 Å². The predicted octanol–water partition coefficient (Wildman–Crippen LogP) is 5.53. The van der Waals surface area contributed by atoms with Crippen LogP contribution in [-0.4, -0.2) is 30.4 Å². The van der Waals surface area contributed by atoms with Gasteiger partial charge in [-0.25, -0.2) is 4.98 Å². The number of Topliss-reactive ketones (excluding diaryl/α,β-unsaturated/α-hetero) is 1. The minimum atomic E-state index is -0.270. The van der Waals surface area contributed by atoms with Crippen LogP contribution in [0.5, 0.6) is 11.5 Å². The summed E-state index contributed by atoms with van der Waals surface area (Å²) in [5, 5.41) is 3.33. The molecule has 0 saturated carbocycles. The van der Waals surface area contributed by atoms with Gasteiger partial charge in [-0.3, -0.25) is 14.9 Å². The zero-order valence-corrected chi connectivity index (χ0v) is 19.4. The van der Waals surface area contributed by atoms with E-state index in [2.05, 4.69) is 10.3 Å². The first kappa shape index (κ1) is 21.9. The van der Waals surface area contributed by atoms with Gasteiger partial charge < -0.3 is 9.47 Å². The van der Waals surface area contributed by atoms with Crippen molar-refractivity contribution in [2.24, 2.45) is 0 Å². The number of benzene rings is 3. The van der Waals surface area contributed by atoms with E-state index in [0.717, 1.165) is 44.7 Å². The molecule has 1 aliphatic carbocycles. The number of allylic oxidation sites excluding steroid dienone is 1. The molecule has 0 unspecified atom stereocenters. The van der Waals surface area contributed by atoms with Crippen molar-refractivity contribution in [2.45, 2.75) is 12.8 Å². The maximum Gasteiger partial charge on any atom is 0.264 e. The number of ether oxygens (including phenoxy) is 2. The van der Waals surface area contributed by atoms with Crippen molar-refractivity contribution >= 4 is 44.5 Å². The van der Waals surface area contributed by atoms with Crippen molar-refractivity contribution in [1.29, 1.82) is 0 Å². The molecule has 0 atom stereocenters. The second-order valence-corrected chi connectivity index (χ2v) is 8.95. The highest BCUT2D eigenvalue weighted by atomic mass is 32.1. The Morgan fingerprint density at radius 1 is 1.06 bits per heavy atom. The van der Waals surface area contributed by atoms with Gasteiger partial charge in [0.15, 0.2) is 17.5 Å². The summed E-state index contributed by atoms with van der Waals surface area (Å²) < 4.78 is 11.9. The van der Waals surface area contributed by atoms with E-state index < -0.39 is 0 Å². The van der Waals surface area contributed by atoms with Crippen LogP contribution in [0, 0.1) is 0 Å². The van der Waals surface area contributed by atoms with E-state index in [9.17, 15) is 9.59 Å². The molecule has 5 rings (SSSR count). The van der Waals surface area contributed by atoms with Gasteiger partial charge in [-0.05, 0) is 72.5 Å². The predicted molar refractivity (Wildman–Crippen MR) is 134 cm³/mol. The van der Waals surface area contributed by atoms with Gasteiger partial charge in [0.05, 0.1) is 17.3 Å². The van der Waals surface area contributed by atoms with Crippen molar-refractivity contribution in [3.05, 3.63) is 89.0 Å². The van der Waals surface area contributed by atoms with Crippen molar-refractivity contribution < 1.29 is 19.1 Å². The average Bonchev–Trinajstić information content (AvgIpc) is 3.27. The number of rotatable bonds is 6. The molecular weight excluding hydrogens is 448 g/mol. The largest absolute Gasteiger partial charge is 0.497 e. The molecule has 7 heteroatoms. The van der Waals surface area contributed by atoms with Crippen LogP contribution >= 0.6 is 11.3 Å². The number of hydrogen-bond acceptors (Lipinski definition) is 6. The molecule has 170 valence electrons. The number of fused-ring (bicyclic) bond motifs is 2. The first-order valence-corrected chi connectivity index (χ1v) is 11.7. The third-order valence-corrected chi connectivity index (χ3v) is 6.60. The summed E-state index contributed by atoms with van der Waals surface area (Å²) in [5.41, 5.74) is 4.30. The van der Waals surface area contributed by atoms with Gasteiger partial charge >= 0.3 is 0 Å². The molecule has 0 fully saturated rings. The number of ketones is 1. The van der Waals surface area contributed by atoms with Crippen LogP contribution in [0.25, 0.3) is 16.3 Å². The van der Waals surface area contributed by atoms with E-state index >= 15 is 0 Å². The number of nitrogens with zero attached hydrogens (tertiary/aromatic N) is 1. The highest BCUT2D eigenvalue weighted by Crippen LogP contribution is 2.30. The third kappa shape index (κ3) is 4.70. The van der Waals surface area contributed by atoms with Gasteiger partial charge in [0, 0.05) is 11.1 Å². The van der Waals surface area contributed by atoms with Crippen LogP contribution in [0.3, 0.4) is 0 Å². The molecular formula is C27H22N2O4S. The Balaban J connectivity index is 1.19. The third-order valence-electron chi connectivity index (χ3n) is 5.64. The van der Waals surface area contributed by atoms with Crippen molar-refractivity contribution in [3.8, 4) is 11.5 Å². The SMILES string of the molecule is COc1ccc2c(c1)CC/C(=C\c1ccc(OCC(=O)Nc3nc4ccccc4s3)cc1)C2=O. The number of aromatic nitrogens is 1. The summed E-state index contributed by atoms with van der Waals surface area (Å²) in [6, 6.07) is 20.7. The molecule has 0 spiro atoms. The molecule has 1 heterocycles. The van der Waals surface area contributed by atoms with Gasteiger partial charge in [0.1, 0.15) is 11.5 Å². The van der Waals surface area contributed by atoms with Gasteiger partial charge in [-0.2, -0.15) is 0 Å². The molecule has 0 bridgehead atoms. The number of nitrogens with one attached hydrogen (secondary N) is 1. The maximum atomic E-state index is 12.9. The lowest BCUT2D eigenvalue weighted by Crippen LogP contribution is -2.19. The Hall–Kier alpha value is -3.97. The van der Waals surface area contributed by atoms with E-state index in [1.165, 1.54) is 11.3 Å². The molecule has 1 N–H and O–H groups in total. The molecule has 0 radical (unpaired) electrons. The molecule has 1 aromatic heterocycles. The van der Waals surface area contributed by atoms with Crippen LogP contribution in [0.1, 0.15) is 27.9 Å². The van der Waals surface area contributed by atoms with Crippen molar-refractivity contribution in [3.63, 3.8) is 0 Å². The summed E-state index contributed by atoms with van der Waals surface area (Å²) in [7, 11) is 1.63. The first-order valence-electron chi connectivity index (χ1n) is 10.9. The van der Waals surface area contributed by atoms with E-state index in [-0.39, 0.29) is 18.3 Å². The molecule has 6 nitrogen and oxygen atoms in total. The number of carbonyl (C=O) groups excluding carboxylic acids is 2. The number of amides is 1. The number of para-hydroxylation sites is 1. The number of carbonyl (C=O) groups is 2. The van der Waals surface area contributed by atoms with Crippen LogP contribution in [0.2, 0.25) is 0 Å². The normalized spacial score (nSPS) is 14.1. The van der Waals surface area contributed by atoms with Crippen molar-refractivity contribution in [2.75, 3.05) is 19.0 Å². The molecule has 0 aliphatic heterocycles. The monoisotopic (exact) mass is 470 g/mol. The summed E-state index contributed by atoms with van der Waals surface area (Å²) in [4.78, 5) is 29.5. The van der Waals surface area contributed by atoms with Gasteiger partial charge in [-0.15, -0.1) is 0 Å². The zero-order chi connectivity index (χ0) is 23.5. The number of aryl methyl sites for hydroxylation is 1. The lowest BCUT2D eigenvalue weighted by molar-refractivity contribution is -0.118. The summed E-state index contributed by atoms with van der Waals surface area (Å²) in [6.45, 7) is -0.116. The smallest absolute Gasteiger partial charge is 0.264 e. The molecule has 1 aliphatic rings. The summed E-state index contributed by atoms with van der Waals surface area (Å²) in [6.07, 6.45) is 3.40. The Kier molecular flexibility index (Phi) is 6.10. The van der Waals surface area contributed by atoms with E-state index in [4.69, 9.17) is 9.47 Å². The minimum Gasteiger partial charge on any atom is -0.497 e. The fourth-order valence-corrected chi connectivity index (χ4v) is 4.79. The molecule has 4 aromatic rings. The lowest BCUT2D eigenvalue weighted by atomic mass is 9.86. The average molecular weight is 471 g/mol. The molecule has 0 saturated heterocycles. The molecule has 1 amide bonds. The van der Waals surface area contributed by atoms with Gasteiger partial charge in [0.25, 0.3) is 5.91 Å². The second kappa shape index (κ2) is 9.49. The summed E-state index contributed by atoms with van der Waals surface area (Å²) >= 11 is 1.42. The van der Waals surface area contributed by atoms with E-state index in [1.807, 2.05) is 60.7 Å². The zero-order valence-electron chi connectivity index (χ0n) is 18.5. The highest BCUT2D eigenvalue weighted by Gasteiger charge is 2.22. The maximum absolute atomic E-state index is 12.9. The van der Waals surface area contributed by atoms with E-state index in [0.29, 0.717) is 17.3 Å². The Morgan fingerprint density at radius 2 is 1.85 bits per heavy atom. The number of anilines is 1. The number of methoxy groups -OCH3 is 1. The Labute approximate surface area is 200 Å². The fourth-order valence-electron chi connectivity index (χ4n) is 3.91. The fraction of sp³-hybridized carbons (Fsp3) is 0.148. The lowest BCUT2D eigenvalue weighted by Gasteiger charge is -2.18. The summed E-state index contributed by atoms with van der Waals surface area (Å²) in [5.74, 6) is 1.13. The highest BCUT2D eigenvalue weighted by molar-refractivity contribution is 7.22. The Bertz CT molecular complexity index is 1370. The van der Waals surface area contributed by atoms with Gasteiger partial charge in [0.2, 0.25) is 0 Å². The number of thiazole rings is 1. The topological polar surface area (TPSA) is 77.5 Å². The van der Waals surface area contributed by atoms with Gasteiger partial charge in [-0.1, -0.05) is 35.6 Å². The minimum absolute atomic E-state index is 0.0516.